The van der Waals surface area contributed by atoms with Crippen molar-refractivity contribution < 1.29 is 0 Å². The molecule has 118 valence electrons. The lowest BCUT2D eigenvalue weighted by Gasteiger charge is -2.38. The van der Waals surface area contributed by atoms with Crippen LogP contribution in [0.15, 0.2) is 60.8 Å². The quantitative estimate of drug-likeness (QED) is 0.772. The number of nitrogens with zero attached hydrogens (tertiary/aromatic N) is 1. The standard InChI is InChI=1S/C20H23N3/c1-2-4-16(5-3-1)6-7-19-15-21-12-13-23(19)18-8-9-20-17(14-18)10-11-22-20/h1-5,8-11,14,19,21-22H,6-7,12-13,15H2. The first-order valence-corrected chi connectivity index (χ1v) is 8.48. The molecule has 1 unspecified atom stereocenters. The summed E-state index contributed by atoms with van der Waals surface area (Å²) in [6.07, 6.45) is 4.33. The van der Waals surface area contributed by atoms with Gasteiger partial charge >= 0.3 is 0 Å². The second-order valence-corrected chi connectivity index (χ2v) is 6.32. The molecule has 1 aliphatic rings. The van der Waals surface area contributed by atoms with E-state index in [1.165, 1.54) is 28.6 Å². The Bertz CT molecular complexity index is 763. The van der Waals surface area contributed by atoms with Crippen molar-refractivity contribution in [2.45, 2.75) is 18.9 Å². The first-order valence-electron chi connectivity index (χ1n) is 8.48. The van der Waals surface area contributed by atoms with Gasteiger partial charge in [-0.1, -0.05) is 30.3 Å². The zero-order valence-electron chi connectivity index (χ0n) is 13.3. The summed E-state index contributed by atoms with van der Waals surface area (Å²) in [5.41, 5.74) is 3.99. The lowest BCUT2D eigenvalue weighted by Crippen LogP contribution is -2.51. The average molecular weight is 305 g/mol. The fourth-order valence-corrected chi connectivity index (χ4v) is 3.56. The van der Waals surface area contributed by atoms with Gasteiger partial charge in [-0.3, -0.25) is 0 Å². The van der Waals surface area contributed by atoms with Gasteiger partial charge in [-0.2, -0.15) is 0 Å². The van der Waals surface area contributed by atoms with Gasteiger partial charge in [0.1, 0.15) is 0 Å². The number of anilines is 1. The Morgan fingerprint density at radius 2 is 1.96 bits per heavy atom. The van der Waals surface area contributed by atoms with Gasteiger partial charge in [0.25, 0.3) is 0 Å². The maximum absolute atomic E-state index is 3.56. The normalized spacial score (nSPS) is 18.4. The van der Waals surface area contributed by atoms with Crippen LogP contribution < -0.4 is 10.2 Å². The minimum Gasteiger partial charge on any atom is -0.366 e. The summed E-state index contributed by atoms with van der Waals surface area (Å²) >= 11 is 0. The van der Waals surface area contributed by atoms with E-state index in [0.717, 1.165) is 26.1 Å². The minimum absolute atomic E-state index is 0.556. The molecule has 0 amide bonds. The first kappa shape index (κ1) is 14.3. The summed E-state index contributed by atoms with van der Waals surface area (Å²) in [4.78, 5) is 5.85. The Balaban J connectivity index is 1.52. The van der Waals surface area contributed by atoms with E-state index in [9.17, 15) is 0 Å². The van der Waals surface area contributed by atoms with Crippen molar-refractivity contribution >= 4 is 16.6 Å². The van der Waals surface area contributed by atoms with Crippen LogP contribution in [0.5, 0.6) is 0 Å². The Morgan fingerprint density at radius 1 is 1.04 bits per heavy atom. The van der Waals surface area contributed by atoms with Gasteiger partial charge < -0.3 is 15.2 Å². The molecule has 0 saturated carbocycles. The molecule has 4 rings (SSSR count). The third kappa shape index (κ3) is 3.10. The Morgan fingerprint density at radius 3 is 2.87 bits per heavy atom. The van der Waals surface area contributed by atoms with Gasteiger partial charge in [0.15, 0.2) is 0 Å². The summed E-state index contributed by atoms with van der Waals surface area (Å²) in [6, 6.07) is 20.3. The minimum atomic E-state index is 0.556. The molecule has 3 aromatic rings. The molecule has 2 heterocycles. The summed E-state index contributed by atoms with van der Waals surface area (Å²) in [7, 11) is 0. The van der Waals surface area contributed by atoms with Crippen molar-refractivity contribution in [2.24, 2.45) is 0 Å². The van der Waals surface area contributed by atoms with Gasteiger partial charge in [0, 0.05) is 48.5 Å². The fourth-order valence-electron chi connectivity index (χ4n) is 3.56. The van der Waals surface area contributed by atoms with Crippen molar-refractivity contribution in [2.75, 3.05) is 24.5 Å². The van der Waals surface area contributed by atoms with Gasteiger partial charge in [-0.05, 0) is 42.7 Å². The molecule has 3 nitrogen and oxygen atoms in total. The number of aromatic nitrogens is 1. The number of aromatic amines is 1. The Kier molecular flexibility index (Phi) is 4.03. The molecule has 1 atom stereocenters. The lowest BCUT2D eigenvalue weighted by molar-refractivity contribution is 0.454. The van der Waals surface area contributed by atoms with Crippen molar-refractivity contribution in [1.29, 1.82) is 0 Å². The summed E-state index contributed by atoms with van der Waals surface area (Å²) in [6.45, 7) is 3.21. The van der Waals surface area contributed by atoms with Gasteiger partial charge in [0.2, 0.25) is 0 Å². The van der Waals surface area contributed by atoms with E-state index in [4.69, 9.17) is 0 Å². The van der Waals surface area contributed by atoms with Crippen LogP contribution in [0.3, 0.4) is 0 Å². The SMILES string of the molecule is c1ccc(CCC2CNCCN2c2ccc3[nH]ccc3c2)cc1. The number of fused-ring (bicyclic) bond motifs is 1. The monoisotopic (exact) mass is 305 g/mol. The van der Waals surface area contributed by atoms with Crippen LogP contribution in [0.25, 0.3) is 10.9 Å². The third-order valence-corrected chi connectivity index (χ3v) is 4.83. The number of hydrogen-bond donors (Lipinski definition) is 2. The number of benzene rings is 2. The van der Waals surface area contributed by atoms with E-state index in [0.29, 0.717) is 6.04 Å². The molecule has 1 aromatic heterocycles. The van der Waals surface area contributed by atoms with E-state index in [-0.39, 0.29) is 0 Å². The Labute approximate surface area is 137 Å². The first-order chi connectivity index (χ1) is 11.4. The molecule has 1 saturated heterocycles. The highest BCUT2D eigenvalue weighted by molar-refractivity contribution is 5.83. The van der Waals surface area contributed by atoms with E-state index < -0.39 is 0 Å². The van der Waals surface area contributed by atoms with Gasteiger partial charge in [-0.15, -0.1) is 0 Å². The molecule has 1 fully saturated rings. The topological polar surface area (TPSA) is 31.1 Å². The van der Waals surface area contributed by atoms with Crippen LogP contribution in [-0.2, 0) is 6.42 Å². The van der Waals surface area contributed by atoms with Crippen molar-refractivity contribution in [3.63, 3.8) is 0 Å². The van der Waals surface area contributed by atoms with Gasteiger partial charge in [-0.25, -0.2) is 0 Å². The van der Waals surface area contributed by atoms with Crippen LogP contribution >= 0.6 is 0 Å². The Hall–Kier alpha value is -2.26. The molecular weight excluding hydrogens is 282 g/mol. The molecule has 0 bridgehead atoms. The summed E-state index contributed by atoms with van der Waals surface area (Å²) in [5.74, 6) is 0. The predicted molar refractivity (Wildman–Crippen MR) is 97.1 cm³/mol. The maximum atomic E-state index is 3.56. The predicted octanol–water partition coefficient (Wildman–Crippen LogP) is 3.58. The highest BCUT2D eigenvalue weighted by atomic mass is 15.2. The van der Waals surface area contributed by atoms with Crippen LogP contribution in [0.2, 0.25) is 0 Å². The van der Waals surface area contributed by atoms with E-state index in [1.54, 1.807) is 0 Å². The molecule has 3 heteroatoms. The number of rotatable bonds is 4. The molecule has 23 heavy (non-hydrogen) atoms. The van der Waals surface area contributed by atoms with Crippen molar-refractivity contribution in [3.8, 4) is 0 Å². The zero-order valence-corrected chi connectivity index (χ0v) is 13.3. The molecule has 0 radical (unpaired) electrons. The van der Waals surface area contributed by atoms with Crippen molar-refractivity contribution in [1.82, 2.24) is 10.3 Å². The molecular formula is C20H23N3. The van der Waals surface area contributed by atoms with Crippen LogP contribution in [-0.4, -0.2) is 30.7 Å². The highest BCUT2D eigenvalue weighted by Gasteiger charge is 2.22. The van der Waals surface area contributed by atoms with Crippen LogP contribution in [0, 0.1) is 0 Å². The van der Waals surface area contributed by atoms with Gasteiger partial charge in [0.05, 0.1) is 0 Å². The highest BCUT2D eigenvalue weighted by Crippen LogP contribution is 2.25. The van der Waals surface area contributed by atoms with Crippen LogP contribution in [0.4, 0.5) is 5.69 Å². The van der Waals surface area contributed by atoms with E-state index in [2.05, 4.69) is 69.8 Å². The van der Waals surface area contributed by atoms with E-state index >= 15 is 0 Å². The number of aryl methyl sites for hydroxylation is 1. The average Bonchev–Trinajstić information content (AvgIpc) is 3.09. The fraction of sp³-hybridized carbons (Fsp3) is 0.300. The lowest BCUT2D eigenvalue weighted by atomic mass is 10.0. The third-order valence-electron chi connectivity index (χ3n) is 4.83. The number of nitrogens with one attached hydrogen (secondary N) is 2. The summed E-state index contributed by atoms with van der Waals surface area (Å²) in [5, 5.41) is 4.85. The molecule has 1 aliphatic heterocycles. The smallest absolute Gasteiger partial charge is 0.0455 e. The molecule has 2 aromatic carbocycles. The van der Waals surface area contributed by atoms with Crippen molar-refractivity contribution in [3.05, 3.63) is 66.4 Å². The largest absolute Gasteiger partial charge is 0.366 e. The second-order valence-electron chi connectivity index (χ2n) is 6.32. The maximum Gasteiger partial charge on any atom is 0.0455 e. The molecule has 2 N–H and O–H groups in total. The molecule has 0 spiro atoms. The zero-order chi connectivity index (χ0) is 15.5. The van der Waals surface area contributed by atoms with Crippen LogP contribution in [0.1, 0.15) is 12.0 Å². The number of hydrogen-bond acceptors (Lipinski definition) is 2. The molecule has 0 aliphatic carbocycles. The summed E-state index contributed by atoms with van der Waals surface area (Å²) < 4.78 is 0. The number of H-pyrrole nitrogens is 1. The number of piperazine rings is 1. The van der Waals surface area contributed by atoms with E-state index in [1.807, 2.05) is 6.20 Å². The second kappa shape index (κ2) is 6.47.